The second-order valence-corrected chi connectivity index (χ2v) is 3.36. The molecule has 0 heterocycles. The lowest BCUT2D eigenvalue weighted by molar-refractivity contribution is -0.146. The van der Waals surface area contributed by atoms with E-state index in [-0.39, 0.29) is 10.8 Å². The minimum absolute atomic E-state index is 0.122. The van der Waals surface area contributed by atoms with Gasteiger partial charge in [-0.25, -0.2) is 4.79 Å². The van der Waals surface area contributed by atoms with Crippen molar-refractivity contribution in [3.05, 3.63) is 28.2 Å². The number of ketones is 1. The maximum atomic E-state index is 10.9. The normalized spacial score (nSPS) is 9.64. The standard InChI is InChI=1S/C9H6Cl2O3/c1-5(12)9(13)14-8-3-2-6(10)4-7(8)11/h2-4H,1H3. The number of carbonyl (C=O) groups excluding carboxylic acids is 2. The number of rotatable bonds is 2. The first-order valence-corrected chi connectivity index (χ1v) is 4.44. The number of hydrogen-bond acceptors (Lipinski definition) is 3. The van der Waals surface area contributed by atoms with Crippen LogP contribution in [0.25, 0.3) is 0 Å². The maximum Gasteiger partial charge on any atom is 0.379 e. The summed E-state index contributed by atoms with van der Waals surface area (Å²) in [6.07, 6.45) is 0. The van der Waals surface area contributed by atoms with E-state index in [1.54, 1.807) is 0 Å². The van der Waals surface area contributed by atoms with Gasteiger partial charge in [-0.2, -0.15) is 0 Å². The lowest BCUT2D eigenvalue weighted by Gasteiger charge is -2.03. The van der Waals surface area contributed by atoms with Gasteiger partial charge in [0, 0.05) is 11.9 Å². The molecular formula is C9H6Cl2O3. The van der Waals surface area contributed by atoms with Gasteiger partial charge in [0.1, 0.15) is 5.75 Å². The summed E-state index contributed by atoms with van der Waals surface area (Å²) in [5.74, 6) is -1.51. The Morgan fingerprint density at radius 1 is 1.29 bits per heavy atom. The second-order valence-electron chi connectivity index (χ2n) is 2.52. The molecule has 0 aliphatic rings. The Balaban J connectivity index is 2.87. The van der Waals surface area contributed by atoms with Gasteiger partial charge < -0.3 is 4.74 Å². The SMILES string of the molecule is CC(=O)C(=O)Oc1ccc(Cl)cc1Cl. The highest BCUT2D eigenvalue weighted by atomic mass is 35.5. The van der Waals surface area contributed by atoms with Crippen LogP contribution in [0.15, 0.2) is 18.2 Å². The average molecular weight is 233 g/mol. The summed E-state index contributed by atoms with van der Waals surface area (Å²) >= 11 is 11.3. The first-order chi connectivity index (χ1) is 6.50. The van der Waals surface area contributed by atoms with Crippen molar-refractivity contribution in [1.82, 2.24) is 0 Å². The first kappa shape index (κ1) is 11.0. The van der Waals surface area contributed by atoms with E-state index in [0.29, 0.717) is 5.02 Å². The van der Waals surface area contributed by atoms with Crippen LogP contribution in [0.3, 0.4) is 0 Å². The average Bonchev–Trinajstić information content (AvgIpc) is 2.09. The largest absolute Gasteiger partial charge is 0.419 e. The topological polar surface area (TPSA) is 43.4 Å². The van der Waals surface area contributed by atoms with Crippen molar-refractivity contribution in [1.29, 1.82) is 0 Å². The zero-order valence-electron chi connectivity index (χ0n) is 7.21. The summed E-state index contributed by atoms with van der Waals surface area (Å²) in [5, 5.41) is 0.615. The van der Waals surface area contributed by atoms with Crippen LogP contribution in [-0.2, 0) is 9.59 Å². The smallest absolute Gasteiger partial charge is 0.379 e. The molecule has 0 saturated heterocycles. The van der Waals surface area contributed by atoms with Gasteiger partial charge in [0.15, 0.2) is 0 Å². The van der Waals surface area contributed by atoms with E-state index in [0.717, 1.165) is 6.92 Å². The lowest BCUT2D eigenvalue weighted by Crippen LogP contribution is -2.16. The summed E-state index contributed by atoms with van der Waals surface area (Å²) in [7, 11) is 0. The number of ether oxygens (including phenoxy) is 1. The van der Waals surface area contributed by atoms with E-state index >= 15 is 0 Å². The molecule has 0 aliphatic heterocycles. The van der Waals surface area contributed by atoms with E-state index in [1.165, 1.54) is 18.2 Å². The fraction of sp³-hybridized carbons (Fsp3) is 0.111. The van der Waals surface area contributed by atoms with Gasteiger partial charge >= 0.3 is 5.97 Å². The quantitative estimate of drug-likeness (QED) is 0.447. The Bertz CT molecular complexity index is 388. The van der Waals surface area contributed by atoms with Gasteiger partial charge in [-0.3, -0.25) is 4.79 Å². The van der Waals surface area contributed by atoms with Gasteiger partial charge in [0.05, 0.1) is 5.02 Å². The molecule has 1 rings (SSSR count). The first-order valence-electron chi connectivity index (χ1n) is 3.68. The molecule has 1 aromatic carbocycles. The third kappa shape index (κ3) is 2.72. The Morgan fingerprint density at radius 2 is 1.93 bits per heavy atom. The van der Waals surface area contributed by atoms with Crippen molar-refractivity contribution < 1.29 is 14.3 Å². The number of hydrogen-bond donors (Lipinski definition) is 0. The minimum Gasteiger partial charge on any atom is -0.419 e. The summed E-state index contributed by atoms with van der Waals surface area (Å²) < 4.78 is 4.68. The molecule has 5 heteroatoms. The van der Waals surface area contributed by atoms with Crippen LogP contribution < -0.4 is 4.74 Å². The van der Waals surface area contributed by atoms with Crippen molar-refractivity contribution in [3.63, 3.8) is 0 Å². The van der Waals surface area contributed by atoms with Crippen LogP contribution in [0.5, 0.6) is 5.75 Å². The van der Waals surface area contributed by atoms with E-state index in [9.17, 15) is 9.59 Å². The lowest BCUT2D eigenvalue weighted by atomic mass is 10.3. The Morgan fingerprint density at radius 3 is 2.43 bits per heavy atom. The highest BCUT2D eigenvalue weighted by Crippen LogP contribution is 2.27. The number of Topliss-reactive ketones (excluding diaryl/α,β-unsaturated/α-hetero) is 1. The number of benzene rings is 1. The summed E-state index contributed by atoms with van der Waals surface area (Å²) in [5.41, 5.74) is 0. The Kier molecular flexibility index (Phi) is 3.49. The van der Waals surface area contributed by atoms with Gasteiger partial charge in [-0.15, -0.1) is 0 Å². The molecule has 0 amide bonds. The maximum absolute atomic E-state index is 10.9. The van der Waals surface area contributed by atoms with E-state index < -0.39 is 11.8 Å². The highest BCUT2D eigenvalue weighted by Gasteiger charge is 2.12. The zero-order valence-corrected chi connectivity index (χ0v) is 8.72. The summed E-state index contributed by atoms with van der Waals surface area (Å²) in [6.45, 7) is 1.12. The molecular weight excluding hydrogens is 227 g/mol. The molecule has 0 fully saturated rings. The Hall–Kier alpha value is -1.06. The molecule has 0 aromatic heterocycles. The molecule has 74 valence electrons. The van der Waals surface area contributed by atoms with Crippen molar-refractivity contribution in [2.45, 2.75) is 6.92 Å². The zero-order chi connectivity index (χ0) is 10.7. The van der Waals surface area contributed by atoms with Crippen molar-refractivity contribution >= 4 is 35.0 Å². The van der Waals surface area contributed by atoms with Crippen molar-refractivity contribution in [2.75, 3.05) is 0 Å². The van der Waals surface area contributed by atoms with E-state index in [4.69, 9.17) is 23.2 Å². The fourth-order valence-corrected chi connectivity index (χ4v) is 1.18. The molecule has 0 saturated carbocycles. The third-order valence-corrected chi connectivity index (χ3v) is 1.91. The predicted octanol–water partition coefficient (Wildman–Crippen LogP) is 2.49. The third-order valence-electron chi connectivity index (χ3n) is 1.38. The minimum atomic E-state index is -0.950. The molecule has 1 aromatic rings. The van der Waals surface area contributed by atoms with E-state index in [2.05, 4.69) is 4.74 Å². The van der Waals surface area contributed by atoms with Crippen LogP contribution in [0, 0.1) is 0 Å². The van der Waals surface area contributed by atoms with Gasteiger partial charge in [-0.1, -0.05) is 23.2 Å². The number of halogens is 2. The highest BCUT2D eigenvalue weighted by molar-refractivity contribution is 6.36. The molecule has 0 N–H and O–H groups in total. The summed E-state index contributed by atoms with van der Waals surface area (Å²) in [6, 6.07) is 4.35. The molecule has 3 nitrogen and oxygen atoms in total. The van der Waals surface area contributed by atoms with Crippen molar-refractivity contribution in [3.8, 4) is 5.75 Å². The van der Waals surface area contributed by atoms with Gasteiger partial charge in [0.2, 0.25) is 5.78 Å². The van der Waals surface area contributed by atoms with Gasteiger partial charge in [-0.05, 0) is 18.2 Å². The molecule has 0 atom stereocenters. The fourth-order valence-electron chi connectivity index (χ4n) is 0.730. The molecule has 14 heavy (non-hydrogen) atoms. The van der Waals surface area contributed by atoms with Crippen molar-refractivity contribution in [2.24, 2.45) is 0 Å². The molecule has 0 unspecified atom stereocenters. The molecule has 0 bridgehead atoms. The molecule has 0 spiro atoms. The van der Waals surface area contributed by atoms with Gasteiger partial charge in [0.25, 0.3) is 0 Å². The Labute approximate surface area is 90.6 Å². The monoisotopic (exact) mass is 232 g/mol. The van der Waals surface area contributed by atoms with Crippen LogP contribution in [0.4, 0.5) is 0 Å². The predicted molar refractivity (Wildman–Crippen MR) is 52.8 cm³/mol. The van der Waals surface area contributed by atoms with Crippen LogP contribution in [0.2, 0.25) is 10.0 Å². The molecule has 0 aliphatic carbocycles. The summed E-state index contributed by atoms with van der Waals surface area (Å²) in [4.78, 5) is 21.5. The van der Waals surface area contributed by atoms with E-state index in [1.807, 2.05) is 0 Å². The molecule has 0 radical (unpaired) electrons. The number of carbonyl (C=O) groups is 2. The second kappa shape index (κ2) is 4.44. The van der Waals surface area contributed by atoms with Crippen LogP contribution in [-0.4, -0.2) is 11.8 Å². The van der Waals surface area contributed by atoms with Crippen LogP contribution >= 0.6 is 23.2 Å². The van der Waals surface area contributed by atoms with Crippen LogP contribution in [0.1, 0.15) is 6.92 Å². The number of esters is 1.